The second-order valence-corrected chi connectivity index (χ2v) is 6.00. The van der Waals surface area contributed by atoms with Gasteiger partial charge in [0.2, 0.25) is 0 Å². The minimum absolute atomic E-state index is 0.669. The van der Waals surface area contributed by atoms with Gasteiger partial charge < -0.3 is 15.0 Å². The Labute approximate surface area is 106 Å². The summed E-state index contributed by atoms with van der Waals surface area (Å²) in [6, 6.07) is 0.669. The third-order valence-corrected chi connectivity index (χ3v) is 4.09. The highest BCUT2D eigenvalue weighted by atomic mass is 16.5. The van der Waals surface area contributed by atoms with Gasteiger partial charge in [0.15, 0.2) is 0 Å². The van der Waals surface area contributed by atoms with Crippen LogP contribution in [0.4, 0.5) is 0 Å². The average molecular weight is 240 g/mol. The van der Waals surface area contributed by atoms with E-state index < -0.39 is 0 Å². The summed E-state index contributed by atoms with van der Waals surface area (Å²) in [5.41, 5.74) is 0. The van der Waals surface area contributed by atoms with Gasteiger partial charge in [-0.2, -0.15) is 0 Å². The molecule has 0 amide bonds. The number of hydrogen-bond donors (Lipinski definition) is 1. The topological polar surface area (TPSA) is 24.5 Å². The van der Waals surface area contributed by atoms with Crippen LogP contribution in [0.5, 0.6) is 0 Å². The molecule has 2 fully saturated rings. The number of ether oxygens (including phenoxy) is 1. The Morgan fingerprint density at radius 3 is 2.94 bits per heavy atom. The molecule has 2 aliphatic heterocycles. The third kappa shape index (κ3) is 4.23. The van der Waals surface area contributed by atoms with Gasteiger partial charge in [-0.3, -0.25) is 0 Å². The molecule has 0 aromatic carbocycles. The Morgan fingerprint density at radius 2 is 2.24 bits per heavy atom. The van der Waals surface area contributed by atoms with Crippen LogP contribution in [0.2, 0.25) is 0 Å². The van der Waals surface area contributed by atoms with E-state index in [4.69, 9.17) is 4.74 Å². The average Bonchev–Trinajstić information content (AvgIpc) is 2.56. The van der Waals surface area contributed by atoms with Gasteiger partial charge >= 0.3 is 0 Å². The summed E-state index contributed by atoms with van der Waals surface area (Å²) in [6.45, 7) is 11.5. The molecule has 0 aliphatic carbocycles. The van der Waals surface area contributed by atoms with Gasteiger partial charge in [-0.05, 0) is 44.2 Å². The van der Waals surface area contributed by atoms with Crippen molar-refractivity contribution in [1.29, 1.82) is 0 Å². The minimum Gasteiger partial charge on any atom is -0.381 e. The second-order valence-electron chi connectivity index (χ2n) is 6.00. The van der Waals surface area contributed by atoms with Crippen LogP contribution in [0.25, 0.3) is 0 Å². The molecular formula is C14H28N2O. The van der Waals surface area contributed by atoms with Gasteiger partial charge in [-0.15, -0.1) is 0 Å². The fraction of sp³-hybridized carbons (Fsp3) is 1.00. The molecule has 1 N–H and O–H groups in total. The maximum atomic E-state index is 5.59. The minimum atomic E-state index is 0.669. The lowest BCUT2D eigenvalue weighted by Crippen LogP contribution is -2.43. The standard InChI is InChI=1S/C14H28N2O/c1-12(2)14-10-16(7-4-6-15-14)9-13-5-3-8-17-11-13/h12-15H,3-11H2,1-2H3. The Kier molecular flexibility index (Phi) is 5.26. The molecule has 2 unspecified atom stereocenters. The summed E-state index contributed by atoms with van der Waals surface area (Å²) in [6.07, 6.45) is 3.90. The Bertz CT molecular complexity index is 214. The Morgan fingerprint density at radius 1 is 1.35 bits per heavy atom. The van der Waals surface area contributed by atoms with Crippen LogP contribution in [0.1, 0.15) is 33.1 Å². The summed E-state index contributed by atoms with van der Waals surface area (Å²) in [4.78, 5) is 2.66. The fourth-order valence-electron chi connectivity index (χ4n) is 2.95. The van der Waals surface area contributed by atoms with E-state index in [1.165, 1.54) is 45.4 Å². The van der Waals surface area contributed by atoms with Crippen LogP contribution in [-0.2, 0) is 4.74 Å². The Balaban J connectivity index is 1.81. The summed E-state index contributed by atoms with van der Waals surface area (Å²) in [5, 5.41) is 3.68. The first kappa shape index (κ1) is 13.3. The zero-order valence-electron chi connectivity index (χ0n) is 11.5. The van der Waals surface area contributed by atoms with E-state index in [2.05, 4.69) is 24.1 Å². The number of nitrogens with one attached hydrogen (secondary N) is 1. The van der Waals surface area contributed by atoms with Gasteiger partial charge in [0.05, 0.1) is 6.61 Å². The van der Waals surface area contributed by atoms with Crippen LogP contribution in [0.15, 0.2) is 0 Å². The first-order valence-electron chi connectivity index (χ1n) is 7.29. The van der Waals surface area contributed by atoms with E-state index in [1.54, 1.807) is 0 Å². The van der Waals surface area contributed by atoms with Crippen molar-refractivity contribution in [2.24, 2.45) is 11.8 Å². The smallest absolute Gasteiger partial charge is 0.0506 e. The summed E-state index contributed by atoms with van der Waals surface area (Å²) >= 11 is 0. The largest absolute Gasteiger partial charge is 0.381 e. The molecule has 0 aromatic rings. The van der Waals surface area contributed by atoms with Crippen molar-refractivity contribution in [3.63, 3.8) is 0 Å². The van der Waals surface area contributed by atoms with Crippen molar-refractivity contribution in [2.75, 3.05) is 39.4 Å². The highest BCUT2D eigenvalue weighted by Gasteiger charge is 2.23. The molecule has 2 aliphatic rings. The highest BCUT2D eigenvalue weighted by molar-refractivity contribution is 4.80. The fourth-order valence-corrected chi connectivity index (χ4v) is 2.95. The van der Waals surface area contributed by atoms with Gasteiger partial charge in [-0.25, -0.2) is 0 Å². The zero-order valence-corrected chi connectivity index (χ0v) is 11.5. The molecule has 2 heterocycles. The van der Waals surface area contributed by atoms with Crippen molar-refractivity contribution in [1.82, 2.24) is 10.2 Å². The molecule has 2 atom stereocenters. The molecule has 0 spiro atoms. The lowest BCUT2D eigenvalue weighted by molar-refractivity contribution is 0.0376. The monoisotopic (exact) mass is 240 g/mol. The predicted octanol–water partition coefficient (Wildman–Crippen LogP) is 1.73. The number of hydrogen-bond acceptors (Lipinski definition) is 3. The number of nitrogens with zero attached hydrogens (tertiary/aromatic N) is 1. The molecule has 100 valence electrons. The van der Waals surface area contributed by atoms with E-state index in [9.17, 15) is 0 Å². The first-order chi connectivity index (χ1) is 8.25. The van der Waals surface area contributed by atoms with E-state index in [0.717, 1.165) is 25.0 Å². The maximum Gasteiger partial charge on any atom is 0.0506 e. The van der Waals surface area contributed by atoms with Crippen molar-refractivity contribution >= 4 is 0 Å². The maximum absolute atomic E-state index is 5.59. The normalized spacial score (nSPS) is 32.6. The molecule has 3 nitrogen and oxygen atoms in total. The molecule has 0 saturated carbocycles. The molecule has 17 heavy (non-hydrogen) atoms. The zero-order chi connectivity index (χ0) is 12.1. The summed E-state index contributed by atoms with van der Waals surface area (Å²) < 4.78 is 5.59. The van der Waals surface area contributed by atoms with Crippen molar-refractivity contribution in [3.05, 3.63) is 0 Å². The Hall–Kier alpha value is -0.120. The number of rotatable bonds is 3. The van der Waals surface area contributed by atoms with Crippen LogP contribution >= 0.6 is 0 Å². The molecule has 0 bridgehead atoms. The predicted molar refractivity (Wildman–Crippen MR) is 71.2 cm³/mol. The molecule has 0 radical (unpaired) electrons. The highest BCUT2D eigenvalue weighted by Crippen LogP contribution is 2.17. The summed E-state index contributed by atoms with van der Waals surface area (Å²) in [7, 11) is 0. The van der Waals surface area contributed by atoms with Crippen molar-refractivity contribution in [3.8, 4) is 0 Å². The lowest BCUT2D eigenvalue weighted by atomic mass is 10.00. The molecular weight excluding hydrogens is 212 g/mol. The quantitative estimate of drug-likeness (QED) is 0.813. The van der Waals surface area contributed by atoms with Crippen molar-refractivity contribution in [2.45, 2.75) is 39.2 Å². The SMILES string of the molecule is CC(C)C1CN(CC2CCCOC2)CCCN1. The van der Waals surface area contributed by atoms with Crippen LogP contribution in [0, 0.1) is 11.8 Å². The van der Waals surface area contributed by atoms with E-state index >= 15 is 0 Å². The van der Waals surface area contributed by atoms with Gasteiger partial charge in [-0.1, -0.05) is 13.8 Å². The van der Waals surface area contributed by atoms with Gasteiger partial charge in [0.25, 0.3) is 0 Å². The lowest BCUT2D eigenvalue weighted by Gasteiger charge is -2.31. The van der Waals surface area contributed by atoms with Crippen LogP contribution in [-0.4, -0.2) is 50.3 Å². The van der Waals surface area contributed by atoms with Crippen LogP contribution in [0.3, 0.4) is 0 Å². The first-order valence-corrected chi connectivity index (χ1v) is 7.29. The van der Waals surface area contributed by atoms with Crippen molar-refractivity contribution < 1.29 is 4.74 Å². The van der Waals surface area contributed by atoms with E-state index in [-0.39, 0.29) is 0 Å². The molecule has 3 heteroatoms. The van der Waals surface area contributed by atoms with Gasteiger partial charge in [0.1, 0.15) is 0 Å². The summed E-state index contributed by atoms with van der Waals surface area (Å²) in [5.74, 6) is 1.51. The van der Waals surface area contributed by atoms with E-state index in [0.29, 0.717) is 6.04 Å². The second kappa shape index (κ2) is 6.72. The molecule has 0 aromatic heterocycles. The molecule has 2 saturated heterocycles. The van der Waals surface area contributed by atoms with Gasteiger partial charge in [0, 0.05) is 25.7 Å². The van der Waals surface area contributed by atoms with Crippen LogP contribution < -0.4 is 5.32 Å². The molecule has 2 rings (SSSR count). The third-order valence-electron chi connectivity index (χ3n) is 4.09. The van der Waals surface area contributed by atoms with E-state index in [1.807, 2.05) is 0 Å².